The molecule has 5 heteroatoms. The lowest BCUT2D eigenvalue weighted by Gasteiger charge is -2.34. The molecule has 5 rings (SSSR count). The second-order valence-corrected chi connectivity index (χ2v) is 7.80. The van der Waals surface area contributed by atoms with Gasteiger partial charge < -0.3 is 9.84 Å². The molecular weight excluding hydrogens is 402 g/mol. The summed E-state index contributed by atoms with van der Waals surface area (Å²) in [4.78, 5) is 27.1. The van der Waals surface area contributed by atoms with Crippen molar-refractivity contribution in [3.05, 3.63) is 108 Å². The van der Waals surface area contributed by atoms with Crippen molar-refractivity contribution < 1.29 is 19.4 Å². The monoisotopic (exact) mass is 423 g/mol. The second kappa shape index (κ2) is 7.85. The number of carboxylic acids is 1. The molecule has 0 aromatic heterocycles. The molecule has 1 N–H and O–H groups in total. The molecule has 0 saturated carbocycles. The van der Waals surface area contributed by atoms with E-state index in [1.54, 1.807) is 6.07 Å². The van der Waals surface area contributed by atoms with E-state index in [1.165, 1.54) is 12.0 Å². The SMILES string of the molecule is COC(=O)N(C1c2ccccc2-c2ccccc21)[C@@H](C(=O)O)c1ccc2ccccc2c1. The Morgan fingerprint density at radius 2 is 1.38 bits per heavy atom. The highest BCUT2D eigenvalue weighted by molar-refractivity contribution is 5.88. The van der Waals surface area contributed by atoms with Crippen LogP contribution < -0.4 is 0 Å². The van der Waals surface area contributed by atoms with Crippen LogP contribution in [0.15, 0.2) is 91.0 Å². The van der Waals surface area contributed by atoms with E-state index < -0.39 is 24.1 Å². The lowest BCUT2D eigenvalue weighted by atomic mass is 9.96. The zero-order chi connectivity index (χ0) is 22.2. The molecule has 32 heavy (non-hydrogen) atoms. The predicted octanol–water partition coefficient (Wildman–Crippen LogP) is 5.80. The van der Waals surface area contributed by atoms with Gasteiger partial charge in [0.2, 0.25) is 0 Å². The Morgan fingerprint density at radius 3 is 1.97 bits per heavy atom. The van der Waals surface area contributed by atoms with E-state index in [-0.39, 0.29) is 0 Å². The molecule has 0 spiro atoms. The van der Waals surface area contributed by atoms with E-state index in [4.69, 9.17) is 4.74 Å². The Labute approximate surface area is 185 Å². The van der Waals surface area contributed by atoms with E-state index >= 15 is 0 Å². The molecule has 4 aromatic carbocycles. The number of hydrogen-bond donors (Lipinski definition) is 1. The van der Waals surface area contributed by atoms with Gasteiger partial charge in [0.25, 0.3) is 0 Å². The molecule has 0 heterocycles. The minimum Gasteiger partial charge on any atom is -0.479 e. The molecule has 0 radical (unpaired) electrons. The third-order valence-electron chi connectivity index (χ3n) is 6.07. The van der Waals surface area contributed by atoms with Gasteiger partial charge in [0.05, 0.1) is 13.2 Å². The summed E-state index contributed by atoms with van der Waals surface area (Å²) in [6.07, 6.45) is -0.693. The lowest BCUT2D eigenvalue weighted by molar-refractivity contribution is -0.143. The van der Waals surface area contributed by atoms with Crippen molar-refractivity contribution in [1.29, 1.82) is 0 Å². The largest absolute Gasteiger partial charge is 0.479 e. The topological polar surface area (TPSA) is 66.8 Å². The van der Waals surface area contributed by atoms with Gasteiger partial charge in [-0.25, -0.2) is 9.59 Å². The fourth-order valence-corrected chi connectivity index (χ4v) is 4.69. The molecular formula is C27H21NO4. The standard InChI is InChI=1S/C27H21NO4/c1-32-27(31)28(24(26(29)30)19-15-14-17-8-2-3-9-18(17)16-19)25-22-12-6-4-10-20(22)21-11-5-7-13-23(21)25/h2-16,24-25H,1H3,(H,29,30)/t24-/m1/s1. The van der Waals surface area contributed by atoms with Crippen LogP contribution in [-0.2, 0) is 9.53 Å². The zero-order valence-corrected chi connectivity index (χ0v) is 17.4. The number of rotatable bonds is 4. The van der Waals surface area contributed by atoms with E-state index in [9.17, 15) is 14.7 Å². The summed E-state index contributed by atoms with van der Waals surface area (Å²) in [5.41, 5.74) is 4.26. The first-order valence-corrected chi connectivity index (χ1v) is 10.4. The number of methoxy groups -OCH3 is 1. The van der Waals surface area contributed by atoms with Crippen molar-refractivity contribution >= 4 is 22.8 Å². The van der Waals surface area contributed by atoms with Crippen LogP contribution in [-0.4, -0.2) is 29.2 Å². The van der Waals surface area contributed by atoms with E-state index in [0.717, 1.165) is 33.0 Å². The van der Waals surface area contributed by atoms with Crippen LogP contribution in [0.3, 0.4) is 0 Å². The summed E-state index contributed by atoms with van der Waals surface area (Å²) >= 11 is 0. The number of aliphatic carboxylic acids is 1. The van der Waals surface area contributed by atoms with Gasteiger partial charge in [-0.15, -0.1) is 0 Å². The van der Waals surface area contributed by atoms with Gasteiger partial charge >= 0.3 is 12.1 Å². The smallest absolute Gasteiger partial charge is 0.411 e. The van der Waals surface area contributed by atoms with Crippen LogP contribution >= 0.6 is 0 Å². The molecule has 0 aliphatic heterocycles. The number of carboxylic acid groups (broad SMARTS) is 1. The normalized spacial score (nSPS) is 13.3. The fraction of sp³-hybridized carbons (Fsp3) is 0.111. The number of amides is 1. The first kappa shape index (κ1) is 19.8. The number of ether oxygens (including phenoxy) is 1. The number of fused-ring (bicyclic) bond motifs is 4. The van der Waals surface area contributed by atoms with Crippen LogP contribution in [0, 0.1) is 0 Å². The van der Waals surface area contributed by atoms with Gasteiger partial charge in [0, 0.05) is 0 Å². The van der Waals surface area contributed by atoms with E-state index in [2.05, 4.69) is 0 Å². The van der Waals surface area contributed by atoms with Crippen LogP contribution in [0.4, 0.5) is 4.79 Å². The maximum absolute atomic E-state index is 13.1. The first-order valence-electron chi connectivity index (χ1n) is 10.4. The van der Waals surface area contributed by atoms with E-state index in [1.807, 2.05) is 84.9 Å². The Morgan fingerprint density at radius 1 is 0.812 bits per heavy atom. The number of benzene rings is 4. The minimum atomic E-state index is -1.23. The van der Waals surface area contributed by atoms with Gasteiger partial charge in [-0.3, -0.25) is 4.90 Å². The number of carbonyl (C=O) groups is 2. The third-order valence-corrected chi connectivity index (χ3v) is 6.07. The predicted molar refractivity (Wildman–Crippen MR) is 122 cm³/mol. The summed E-state index contributed by atoms with van der Waals surface area (Å²) in [7, 11) is 1.28. The molecule has 1 aliphatic carbocycles. The quantitative estimate of drug-likeness (QED) is 0.450. The van der Waals surface area contributed by atoms with Crippen molar-refractivity contribution in [3.63, 3.8) is 0 Å². The van der Waals surface area contributed by atoms with Gasteiger partial charge in [0.15, 0.2) is 6.04 Å². The molecule has 0 fully saturated rings. The number of hydrogen-bond acceptors (Lipinski definition) is 3. The van der Waals surface area contributed by atoms with Crippen LogP contribution in [0.2, 0.25) is 0 Å². The Balaban J connectivity index is 1.72. The van der Waals surface area contributed by atoms with Crippen molar-refractivity contribution in [2.45, 2.75) is 12.1 Å². The fourth-order valence-electron chi connectivity index (χ4n) is 4.69. The maximum atomic E-state index is 13.1. The Bertz CT molecular complexity index is 1300. The number of nitrogens with zero attached hydrogens (tertiary/aromatic N) is 1. The molecule has 158 valence electrons. The van der Waals surface area contributed by atoms with Crippen LogP contribution in [0.25, 0.3) is 21.9 Å². The minimum absolute atomic E-state index is 0.517. The Hall–Kier alpha value is -4.12. The van der Waals surface area contributed by atoms with Gasteiger partial charge in [-0.2, -0.15) is 0 Å². The molecule has 1 atom stereocenters. The van der Waals surface area contributed by atoms with Gasteiger partial charge in [-0.05, 0) is 44.7 Å². The van der Waals surface area contributed by atoms with Gasteiger partial charge in [-0.1, -0.05) is 84.9 Å². The van der Waals surface area contributed by atoms with Crippen molar-refractivity contribution in [2.75, 3.05) is 7.11 Å². The third kappa shape index (κ3) is 3.10. The van der Waals surface area contributed by atoms with Crippen LogP contribution in [0.1, 0.15) is 28.8 Å². The summed E-state index contributed by atoms with van der Waals surface area (Å²) in [5.74, 6) is -1.12. The van der Waals surface area contributed by atoms with Crippen molar-refractivity contribution in [2.24, 2.45) is 0 Å². The highest BCUT2D eigenvalue weighted by Crippen LogP contribution is 2.48. The maximum Gasteiger partial charge on any atom is 0.411 e. The zero-order valence-electron chi connectivity index (χ0n) is 17.4. The average molecular weight is 423 g/mol. The second-order valence-electron chi connectivity index (χ2n) is 7.80. The Kier molecular flexibility index (Phi) is 4.86. The average Bonchev–Trinajstić information content (AvgIpc) is 3.15. The lowest BCUT2D eigenvalue weighted by Crippen LogP contribution is -2.41. The molecule has 5 nitrogen and oxygen atoms in total. The summed E-state index contributed by atoms with van der Waals surface area (Å²) < 4.78 is 5.12. The molecule has 0 saturated heterocycles. The molecule has 0 unspecified atom stereocenters. The van der Waals surface area contributed by atoms with Crippen LogP contribution in [0.5, 0.6) is 0 Å². The number of carbonyl (C=O) groups excluding carboxylic acids is 1. The van der Waals surface area contributed by atoms with E-state index in [0.29, 0.717) is 5.56 Å². The van der Waals surface area contributed by atoms with Crippen molar-refractivity contribution in [1.82, 2.24) is 4.90 Å². The highest BCUT2D eigenvalue weighted by atomic mass is 16.5. The summed E-state index contributed by atoms with van der Waals surface area (Å²) in [6, 6.07) is 27.0. The molecule has 4 aromatic rings. The summed E-state index contributed by atoms with van der Waals surface area (Å²) in [6.45, 7) is 0. The van der Waals surface area contributed by atoms with Gasteiger partial charge in [0.1, 0.15) is 0 Å². The summed E-state index contributed by atoms with van der Waals surface area (Å²) in [5, 5.41) is 12.2. The van der Waals surface area contributed by atoms with Crippen molar-refractivity contribution in [3.8, 4) is 11.1 Å². The first-order chi connectivity index (χ1) is 15.6. The highest BCUT2D eigenvalue weighted by Gasteiger charge is 2.43. The molecule has 1 aliphatic rings. The molecule has 1 amide bonds. The molecule has 0 bridgehead atoms.